The third-order valence-electron chi connectivity index (χ3n) is 3.21. The minimum absolute atomic E-state index is 0.0937. The first-order valence-electron chi connectivity index (χ1n) is 6.93. The summed E-state index contributed by atoms with van der Waals surface area (Å²) < 4.78 is 0. The third-order valence-corrected chi connectivity index (χ3v) is 3.21. The van der Waals surface area contributed by atoms with Gasteiger partial charge in [-0.2, -0.15) is 0 Å². The first-order chi connectivity index (χ1) is 9.74. The standard InChI is InChI=1S/C17H20N2O/c1-2-6-14-8-3-4-10-16(14)19-17(20)15-9-5-7-13(11-15)12-18/h3-5,7-11H,2,6,12,18H2,1H3,(H,19,20). The van der Waals surface area contributed by atoms with E-state index in [0.29, 0.717) is 12.1 Å². The van der Waals surface area contributed by atoms with Crippen LogP contribution in [0.2, 0.25) is 0 Å². The lowest BCUT2D eigenvalue weighted by molar-refractivity contribution is 0.102. The van der Waals surface area contributed by atoms with Gasteiger partial charge in [0.05, 0.1) is 0 Å². The molecule has 2 aromatic carbocycles. The monoisotopic (exact) mass is 268 g/mol. The molecule has 20 heavy (non-hydrogen) atoms. The molecule has 0 aliphatic carbocycles. The molecule has 0 atom stereocenters. The highest BCUT2D eigenvalue weighted by atomic mass is 16.1. The van der Waals surface area contributed by atoms with E-state index in [1.54, 1.807) is 6.07 Å². The van der Waals surface area contributed by atoms with Gasteiger partial charge in [0.2, 0.25) is 0 Å². The zero-order chi connectivity index (χ0) is 14.4. The summed E-state index contributed by atoms with van der Waals surface area (Å²) in [6.45, 7) is 2.57. The molecule has 0 heterocycles. The predicted molar refractivity (Wildman–Crippen MR) is 82.7 cm³/mol. The van der Waals surface area contributed by atoms with E-state index in [0.717, 1.165) is 24.1 Å². The van der Waals surface area contributed by atoms with Crippen molar-refractivity contribution >= 4 is 11.6 Å². The molecule has 0 unspecified atom stereocenters. The molecule has 0 radical (unpaired) electrons. The Kier molecular flexibility index (Phi) is 4.91. The summed E-state index contributed by atoms with van der Waals surface area (Å²) in [4.78, 5) is 12.3. The average Bonchev–Trinajstić information content (AvgIpc) is 2.49. The fourth-order valence-corrected chi connectivity index (χ4v) is 2.16. The molecule has 2 rings (SSSR count). The molecule has 3 heteroatoms. The van der Waals surface area contributed by atoms with Crippen molar-refractivity contribution in [2.24, 2.45) is 5.73 Å². The molecule has 0 saturated carbocycles. The fourth-order valence-electron chi connectivity index (χ4n) is 2.16. The van der Waals surface area contributed by atoms with Crippen molar-refractivity contribution in [3.8, 4) is 0 Å². The summed E-state index contributed by atoms with van der Waals surface area (Å²) in [6, 6.07) is 15.3. The van der Waals surface area contributed by atoms with E-state index in [2.05, 4.69) is 18.3 Å². The Bertz CT molecular complexity index is 593. The van der Waals surface area contributed by atoms with Gasteiger partial charge in [-0.1, -0.05) is 43.7 Å². The Labute approximate surface area is 119 Å². The summed E-state index contributed by atoms with van der Waals surface area (Å²) in [6.07, 6.45) is 2.01. The molecule has 3 nitrogen and oxygen atoms in total. The lowest BCUT2D eigenvalue weighted by atomic mass is 10.1. The molecular weight excluding hydrogens is 248 g/mol. The highest BCUT2D eigenvalue weighted by molar-refractivity contribution is 6.04. The Morgan fingerprint density at radius 1 is 1.15 bits per heavy atom. The van der Waals surface area contributed by atoms with E-state index < -0.39 is 0 Å². The van der Waals surface area contributed by atoms with Gasteiger partial charge in [0, 0.05) is 17.8 Å². The third kappa shape index (κ3) is 3.45. The van der Waals surface area contributed by atoms with Gasteiger partial charge < -0.3 is 11.1 Å². The van der Waals surface area contributed by atoms with Gasteiger partial charge in [-0.3, -0.25) is 4.79 Å². The van der Waals surface area contributed by atoms with Gasteiger partial charge in [0.1, 0.15) is 0 Å². The second-order valence-corrected chi connectivity index (χ2v) is 4.77. The molecule has 1 amide bonds. The molecule has 0 aliphatic heterocycles. The highest BCUT2D eigenvalue weighted by Crippen LogP contribution is 2.18. The SMILES string of the molecule is CCCc1ccccc1NC(=O)c1cccc(CN)c1. The number of aryl methyl sites for hydroxylation is 1. The molecule has 2 aromatic rings. The maximum atomic E-state index is 12.3. The number of amides is 1. The number of rotatable bonds is 5. The van der Waals surface area contributed by atoms with Crippen molar-refractivity contribution in [3.05, 3.63) is 65.2 Å². The Hall–Kier alpha value is -2.13. The molecule has 3 N–H and O–H groups in total. The second-order valence-electron chi connectivity index (χ2n) is 4.77. The van der Waals surface area contributed by atoms with Crippen molar-refractivity contribution in [1.29, 1.82) is 0 Å². The number of nitrogens with one attached hydrogen (secondary N) is 1. The maximum absolute atomic E-state index is 12.3. The van der Waals surface area contributed by atoms with E-state index in [9.17, 15) is 4.79 Å². The topological polar surface area (TPSA) is 55.1 Å². The predicted octanol–water partition coefficient (Wildman–Crippen LogP) is 3.35. The Morgan fingerprint density at radius 2 is 1.95 bits per heavy atom. The van der Waals surface area contributed by atoms with E-state index in [1.807, 2.05) is 36.4 Å². The molecular formula is C17H20N2O. The van der Waals surface area contributed by atoms with Crippen LogP contribution in [0.25, 0.3) is 0 Å². The largest absolute Gasteiger partial charge is 0.326 e. The van der Waals surface area contributed by atoms with Crippen molar-refractivity contribution < 1.29 is 4.79 Å². The average molecular weight is 268 g/mol. The molecule has 0 fully saturated rings. The lowest BCUT2D eigenvalue weighted by Crippen LogP contribution is -2.14. The van der Waals surface area contributed by atoms with Gasteiger partial charge >= 0.3 is 0 Å². The Balaban J connectivity index is 2.19. The van der Waals surface area contributed by atoms with Crippen LogP contribution in [-0.4, -0.2) is 5.91 Å². The molecule has 0 aliphatic rings. The number of para-hydroxylation sites is 1. The van der Waals surface area contributed by atoms with Gasteiger partial charge in [-0.05, 0) is 35.7 Å². The van der Waals surface area contributed by atoms with Crippen LogP contribution in [0.1, 0.15) is 34.8 Å². The molecule has 104 valence electrons. The first-order valence-corrected chi connectivity index (χ1v) is 6.93. The van der Waals surface area contributed by atoms with Crippen molar-refractivity contribution in [2.45, 2.75) is 26.3 Å². The number of carbonyl (C=O) groups excluding carboxylic acids is 1. The number of anilines is 1. The quantitative estimate of drug-likeness (QED) is 0.873. The van der Waals surface area contributed by atoms with E-state index in [1.165, 1.54) is 5.56 Å². The van der Waals surface area contributed by atoms with Gasteiger partial charge in [0.25, 0.3) is 5.91 Å². The summed E-state index contributed by atoms with van der Waals surface area (Å²) in [7, 11) is 0. The zero-order valence-corrected chi connectivity index (χ0v) is 11.7. The number of benzene rings is 2. The molecule has 0 spiro atoms. The summed E-state index contributed by atoms with van der Waals surface area (Å²) in [5.41, 5.74) is 9.25. The Morgan fingerprint density at radius 3 is 2.70 bits per heavy atom. The maximum Gasteiger partial charge on any atom is 0.255 e. The zero-order valence-electron chi connectivity index (χ0n) is 11.7. The van der Waals surface area contributed by atoms with Crippen molar-refractivity contribution in [1.82, 2.24) is 0 Å². The lowest BCUT2D eigenvalue weighted by Gasteiger charge is -2.11. The van der Waals surface area contributed by atoms with Crippen LogP contribution in [0.3, 0.4) is 0 Å². The first kappa shape index (κ1) is 14.3. The minimum atomic E-state index is -0.0937. The number of nitrogens with two attached hydrogens (primary N) is 1. The number of hydrogen-bond donors (Lipinski definition) is 2. The minimum Gasteiger partial charge on any atom is -0.326 e. The van der Waals surface area contributed by atoms with Crippen molar-refractivity contribution in [3.63, 3.8) is 0 Å². The number of carbonyl (C=O) groups is 1. The smallest absolute Gasteiger partial charge is 0.255 e. The van der Waals surface area contributed by atoms with Crippen LogP contribution in [-0.2, 0) is 13.0 Å². The van der Waals surface area contributed by atoms with Gasteiger partial charge in [-0.25, -0.2) is 0 Å². The van der Waals surface area contributed by atoms with E-state index in [4.69, 9.17) is 5.73 Å². The van der Waals surface area contributed by atoms with Crippen LogP contribution in [0.5, 0.6) is 0 Å². The number of hydrogen-bond acceptors (Lipinski definition) is 2. The van der Waals surface area contributed by atoms with E-state index >= 15 is 0 Å². The summed E-state index contributed by atoms with van der Waals surface area (Å²) in [5, 5.41) is 2.98. The van der Waals surface area contributed by atoms with Crippen LogP contribution in [0.15, 0.2) is 48.5 Å². The fraction of sp³-hybridized carbons (Fsp3) is 0.235. The van der Waals surface area contributed by atoms with Crippen LogP contribution in [0.4, 0.5) is 5.69 Å². The van der Waals surface area contributed by atoms with Gasteiger partial charge in [-0.15, -0.1) is 0 Å². The van der Waals surface area contributed by atoms with Gasteiger partial charge in [0.15, 0.2) is 0 Å². The van der Waals surface area contributed by atoms with Crippen molar-refractivity contribution in [2.75, 3.05) is 5.32 Å². The summed E-state index contributed by atoms with van der Waals surface area (Å²) >= 11 is 0. The summed E-state index contributed by atoms with van der Waals surface area (Å²) in [5.74, 6) is -0.0937. The normalized spacial score (nSPS) is 10.3. The second kappa shape index (κ2) is 6.87. The van der Waals surface area contributed by atoms with Crippen LogP contribution < -0.4 is 11.1 Å². The van der Waals surface area contributed by atoms with Crippen LogP contribution in [0, 0.1) is 0 Å². The molecule has 0 aromatic heterocycles. The van der Waals surface area contributed by atoms with E-state index in [-0.39, 0.29) is 5.91 Å². The molecule has 0 bridgehead atoms. The molecule has 0 saturated heterocycles. The highest BCUT2D eigenvalue weighted by Gasteiger charge is 2.08. The van der Waals surface area contributed by atoms with Crippen LogP contribution >= 0.6 is 0 Å².